The van der Waals surface area contributed by atoms with Gasteiger partial charge in [-0.2, -0.15) is 5.26 Å². The van der Waals surface area contributed by atoms with Crippen LogP contribution < -0.4 is 10.2 Å². The van der Waals surface area contributed by atoms with Crippen molar-refractivity contribution in [3.05, 3.63) is 71.1 Å². The number of carbonyl (C=O) groups excluding carboxylic acids is 1. The third-order valence-corrected chi connectivity index (χ3v) is 9.17. The predicted molar refractivity (Wildman–Crippen MR) is 164 cm³/mol. The molecule has 4 heterocycles. The van der Waals surface area contributed by atoms with Crippen molar-refractivity contribution in [2.45, 2.75) is 51.2 Å². The van der Waals surface area contributed by atoms with Gasteiger partial charge >= 0.3 is 0 Å². The summed E-state index contributed by atoms with van der Waals surface area (Å²) in [4.78, 5) is 23.0. The number of rotatable bonds is 8. The average Bonchev–Trinajstić information content (AvgIpc) is 3.54. The van der Waals surface area contributed by atoms with Crippen molar-refractivity contribution < 1.29 is 13.9 Å². The molecule has 226 valence electrons. The van der Waals surface area contributed by atoms with Crippen LogP contribution in [0.1, 0.15) is 60.4 Å². The van der Waals surface area contributed by atoms with Crippen LogP contribution in [0, 0.1) is 23.1 Å². The number of amides is 1. The molecular weight excluding hydrogens is 559 g/mol. The van der Waals surface area contributed by atoms with Crippen LogP contribution in [0.2, 0.25) is 0 Å². The number of hydrogen-bond acceptors (Lipinski definition) is 8. The van der Waals surface area contributed by atoms with Crippen LogP contribution in [0.25, 0.3) is 10.8 Å². The van der Waals surface area contributed by atoms with Gasteiger partial charge < -0.3 is 14.6 Å². The summed E-state index contributed by atoms with van der Waals surface area (Å²) in [6, 6.07) is 13.0. The summed E-state index contributed by atoms with van der Waals surface area (Å²) in [7, 11) is 1.94. The van der Waals surface area contributed by atoms with Gasteiger partial charge in [-0.1, -0.05) is 6.92 Å². The molecule has 0 radical (unpaired) electrons. The number of aryl methyl sites for hydroxylation is 1. The normalized spacial score (nSPS) is 23.2. The highest BCUT2D eigenvalue weighted by atomic mass is 19.1. The van der Waals surface area contributed by atoms with Crippen LogP contribution in [0.15, 0.2) is 42.7 Å². The number of halogens is 1. The van der Waals surface area contributed by atoms with E-state index in [1.165, 1.54) is 6.07 Å². The van der Waals surface area contributed by atoms with Gasteiger partial charge in [0.2, 0.25) is 0 Å². The Morgan fingerprint density at radius 2 is 2.05 bits per heavy atom. The van der Waals surface area contributed by atoms with E-state index in [4.69, 9.17) is 15.0 Å². The maximum absolute atomic E-state index is 15.4. The Morgan fingerprint density at radius 1 is 1.20 bits per heavy atom. The predicted octanol–water partition coefficient (Wildman–Crippen LogP) is 5.06. The minimum Gasteiger partial charge on any atom is -0.376 e. The quantitative estimate of drug-likeness (QED) is 0.282. The summed E-state index contributed by atoms with van der Waals surface area (Å²) in [6.45, 7) is 7.49. The highest BCUT2D eigenvalue weighted by Gasteiger charge is 2.49. The number of ether oxygens (including phenoxy) is 1. The first kappa shape index (κ1) is 28.4. The smallest absolute Gasteiger partial charge is 0.264 e. The number of nitrogens with one attached hydrogen (secondary N) is 1. The Balaban J connectivity index is 1.33. The molecule has 1 aliphatic carbocycles. The third kappa shape index (κ3) is 4.69. The number of carbonyl (C=O) groups is 1. The molecule has 2 fully saturated rings. The maximum atomic E-state index is 15.4. The molecule has 2 aromatic heterocycles. The van der Waals surface area contributed by atoms with Crippen LogP contribution in [0.3, 0.4) is 0 Å². The molecule has 1 amide bonds. The molecule has 0 spiro atoms. The van der Waals surface area contributed by atoms with Crippen molar-refractivity contribution in [3.8, 4) is 6.07 Å². The molecule has 2 aliphatic heterocycles. The molecule has 10 nitrogen and oxygen atoms in total. The van der Waals surface area contributed by atoms with Crippen molar-refractivity contribution in [3.63, 3.8) is 0 Å². The second-order valence-corrected chi connectivity index (χ2v) is 12.5. The molecule has 1 saturated carbocycles. The Morgan fingerprint density at radius 3 is 2.77 bits per heavy atom. The van der Waals surface area contributed by atoms with E-state index in [0.717, 1.165) is 42.9 Å². The number of benzene rings is 2. The first-order valence-corrected chi connectivity index (χ1v) is 15.2. The lowest BCUT2D eigenvalue weighted by Crippen LogP contribution is -2.43. The van der Waals surface area contributed by atoms with Gasteiger partial charge in [0, 0.05) is 44.0 Å². The first-order valence-electron chi connectivity index (χ1n) is 15.2. The van der Waals surface area contributed by atoms with E-state index < -0.39 is 5.41 Å². The zero-order chi connectivity index (χ0) is 30.6. The number of hydrogen-bond donors (Lipinski definition) is 1. The van der Waals surface area contributed by atoms with E-state index in [2.05, 4.69) is 33.4 Å². The van der Waals surface area contributed by atoms with Gasteiger partial charge in [0.25, 0.3) is 5.91 Å². The molecule has 0 unspecified atom stereocenters. The summed E-state index contributed by atoms with van der Waals surface area (Å²) in [5.41, 5.74) is 2.54. The van der Waals surface area contributed by atoms with Crippen molar-refractivity contribution in [2.75, 3.05) is 36.5 Å². The summed E-state index contributed by atoms with van der Waals surface area (Å²) in [6.07, 6.45) is 3.89. The molecule has 1 N–H and O–H groups in total. The molecule has 0 bridgehead atoms. The van der Waals surface area contributed by atoms with Crippen LogP contribution in [0.5, 0.6) is 0 Å². The molecule has 4 aromatic rings. The lowest BCUT2D eigenvalue weighted by Gasteiger charge is -2.46. The number of pyridine rings is 1. The number of morpholine rings is 1. The molecule has 3 aliphatic rings. The second kappa shape index (κ2) is 10.9. The SMILES string of the molecule is CC1CC(c2cc(NCCC#N)nc(N3C(=O)c4cc(CN5CCO[C@H](C)C5)cc5c(F)ccc3c45)c2)(c2nncn2C)C1. The summed E-state index contributed by atoms with van der Waals surface area (Å²) in [5.74, 6) is 1.76. The minimum absolute atomic E-state index is 0.123. The summed E-state index contributed by atoms with van der Waals surface area (Å²) in [5, 5.41) is 22.1. The number of anilines is 3. The highest BCUT2D eigenvalue weighted by Crippen LogP contribution is 2.53. The average molecular weight is 595 g/mol. The van der Waals surface area contributed by atoms with Crippen molar-refractivity contribution in [1.29, 1.82) is 5.26 Å². The topological polar surface area (TPSA) is 112 Å². The zero-order valence-electron chi connectivity index (χ0n) is 25.2. The summed E-state index contributed by atoms with van der Waals surface area (Å²) < 4.78 is 23.0. The largest absolute Gasteiger partial charge is 0.376 e. The molecule has 1 saturated heterocycles. The molecular formula is C33H35FN8O2. The maximum Gasteiger partial charge on any atom is 0.264 e. The Labute approximate surface area is 255 Å². The highest BCUT2D eigenvalue weighted by molar-refractivity contribution is 6.27. The van der Waals surface area contributed by atoms with Crippen LogP contribution in [0.4, 0.5) is 21.7 Å². The van der Waals surface area contributed by atoms with E-state index in [1.54, 1.807) is 17.3 Å². The second-order valence-electron chi connectivity index (χ2n) is 12.5. The number of aromatic nitrogens is 4. The lowest BCUT2D eigenvalue weighted by atomic mass is 9.58. The fraction of sp³-hybridized carbons (Fsp3) is 0.424. The molecule has 2 aromatic carbocycles. The van der Waals surface area contributed by atoms with Crippen molar-refractivity contribution >= 4 is 34.0 Å². The van der Waals surface area contributed by atoms with Crippen molar-refractivity contribution in [1.82, 2.24) is 24.6 Å². The van der Waals surface area contributed by atoms with E-state index in [0.29, 0.717) is 65.7 Å². The standard InChI is InChI=1S/C33H35FN8O2/c1-20-15-33(16-20,32-39-37-19-40(32)3)23-13-28(36-8-4-7-35)38-29(14-23)42-27-6-5-26(34)24-11-22(12-25(30(24)27)31(42)43)18-41-9-10-44-21(2)17-41/h5-6,11-14,19-21H,4,8-10,15-18H2,1-3H3,(H,36,38)/t20?,21-,33?/m1/s1. The van der Waals surface area contributed by atoms with Gasteiger partial charge in [-0.25, -0.2) is 9.37 Å². The van der Waals surface area contributed by atoms with Crippen LogP contribution in [-0.4, -0.2) is 62.9 Å². The van der Waals surface area contributed by atoms with E-state index in [-0.39, 0.29) is 17.8 Å². The number of nitrogens with zero attached hydrogens (tertiary/aromatic N) is 7. The fourth-order valence-electron chi connectivity index (χ4n) is 7.33. The van der Waals surface area contributed by atoms with Gasteiger partial charge in [0.15, 0.2) is 0 Å². The monoisotopic (exact) mass is 594 g/mol. The van der Waals surface area contributed by atoms with Gasteiger partial charge in [0.05, 0.1) is 41.9 Å². The zero-order valence-corrected chi connectivity index (χ0v) is 25.2. The molecule has 1 atom stereocenters. The van der Waals surface area contributed by atoms with Gasteiger partial charge in [0.1, 0.15) is 29.6 Å². The minimum atomic E-state index is -0.399. The van der Waals surface area contributed by atoms with Gasteiger partial charge in [-0.15, -0.1) is 10.2 Å². The molecule has 7 rings (SSSR count). The van der Waals surface area contributed by atoms with E-state index in [1.807, 2.05) is 42.8 Å². The van der Waals surface area contributed by atoms with E-state index >= 15 is 4.39 Å². The lowest BCUT2D eigenvalue weighted by molar-refractivity contribution is -0.0212. The van der Waals surface area contributed by atoms with E-state index in [9.17, 15) is 4.79 Å². The third-order valence-electron chi connectivity index (χ3n) is 9.17. The summed E-state index contributed by atoms with van der Waals surface area (Å²) >= 11 is 0. The first-order chi connectivity index (χ1) is 21.3. The Hall–Kier alpha value is -4.40. The Bertz CT molecular complexity index is 1810. The fourth-order valence-corrected chi connectivity index (χ4v) is 7.33. The Kier molecular flexibility index (Phi) is 7.06. The van der Waals surface area contributed by atoms with Crippen molar-refractivity contribution in [2.24, 2.45) is 13.0 Å². The van der Waals surface area contributed by atoms with Crippen LogP contribution >= 0.6 is 0 Å². The number of nitriles is 1. The van der Waals surface area contributed by atoms with Gasteiger partial charge in [-0.05, 0) is 73.2 Å². The molecule has 11 heteroatoms. The molecule has 44 heavy (non-hydrogen) atoms. The van der Waals surface area contributed by atoms with Gasteiger partial charge in [-0.3, -0.25) is 14.6 Å². The van der Waals surface area contributed by atoms with Crippen LogP contribution in [-0.2, 0) is 23.7 Å².